The van der Waals surface area contributed by atoms with Crippen LogP contribution in [0.25, 0.3) is 0 Å². The summed E-state index contributed by atoms with van der Waals surface area (Å²) in [6.07, 6.45) is 1.39. The van der Waals surface area contributed by atoms with Gasteiger partial charge in [0.1, 0.15) is 0 Å². The summed E-state index contributed by atoms with van der Waals surface area (Å²) in [7, 11) is -3.25. The van der Waals surface area contributed by atoms with E-state index in [9.17, 15) is 8.42 Å². The first-order chi connectivity index (χ1) is 10.5. The highest BCUT2D eigenvalue weighted by Gasteiger charge is 2.12. The van der Waals surface area contributed by atoms with Crippen LogP contribution in [0.1, 0.15) is 42.5 Å². The highest BCUT2D eigenvalue weighted by Crippen LogP contribution is 2.19. The minimum absolute atomic E-state index is 0.142. The van der Waals surface area contributed by atoms with Crippen LogP contribution in [0.2, 0.25) is 0 Å². The molecule has 0 unspecified atom stereocenters. The first-order valence-electron chi connectivity index (χ1n) is 7.42. The molecule has 22 heavy (non-hydrogen) atoms. The second-order valence-corrected chi connectivity index (χ2v) is 8.38. The number of thiazole rings is 1. The van der Waals surface area contributed by atoms with E-state index in [1.807, 2.05) is 35.7 Å². The van der Waals surface area contributed by atoms with Crippen molar-refractivity contribution < 1.29 is 8.42 Å². The molecule has 0 bridgehead atoms. The molecule has 120 valence electrons. The highest BCUT2D eigenvalue weighted by molar-refractivity contribution is 7.89. The second-order valence-electron chi connectivity index (χ2n) is 5.56. The van der Waals surface area contributed by atoms with Crippen molar-refractivity contribution >= 4 is 21.4 Å². The van der Waals surface area contributed by atoms with E-state index in [-0.39, 0.29) is 12.3 Å². The molecule has 0 radical (unpaired) electrons. The predicted octanol–water partition coefficient (Wildman–Crippen LogP) is 3.32. The Hall–Kier alpha value is -1.24. The lowest BCUT2D eigenvalue weighted by Crippen LogP contribution is -2.26. The molecule has 1 heterocycles. The lowest BCUT2D eigenvalue weighted by Gasteiger charge is -2.05. The van der Waals surface area contributed by atoms with E-state index >= 15 is 0 Å². The summed E-state index contributed by atoms with van der Waals surface area (Å²) in [5.74, 6) is 0.518. The Morgan fingerprint density at radius 2 is 1.95 bits per heavy atom. The van der Waals surface area contributed by atoms with Gasteiger partial charge in [0.2, 0.25) is 10.0 Å². The third-order valence-electron chi connectivity index (χ3n) is 3.26. The molecular weight excluding hydrogens is 316 g/mol. The Balaban J connectivity index is 1.78. The molecule has 1 aromatic heterocycles. The molecule has 0 aliphatic carbocycles. The Labute approximate surface area is 136 Å². The van der Waals surface area contributed by atoms with Crippen molar-refractivity contribution in [1.29, 1.82) is 0 Å². The molecule has 0 amide bonds. The van der Waals surface area contributed by atoms with Crippen molar-refractivity contribution in [3.05, 3.63) is 52.0 Å². The fourth-order valence-electron chi connectivity index (χ4n) is 2.04. The van der Waals surface area contributed by atoms with Crippen LogP contribution in [0.15, 0.2) is 35.7 Å². The molecule has 0 fully saturated rings. The van der Waals surface area contributed by atoms with Gasteiger partial charge in [0.15, 0.2) is 0 Å². The minimum atomic E-state index is -3.25. The van der Waals surface area contributed by atoms with Crippen LogP contribution in [0.3, 0.4) is 0 Å². The normalized spacial score (nSPS) is 12.0. The molecule has 0 aliphatic heterocycles. The molecule has 2 aromatic rings. The van der Waals surface area contributed by atoms with E-state index in [1.54, 1.807) is 11.3 Å². The number of hydrogen-bond acceptors (Lipinski definition) is 4. The van der Waals surface area contributed by atoms with Gasteiger partial charge >= 0.3 is 0 Å². The van der Waals surface area contributed by atoms with Crippen LogP contribution in [0, 0.1) is 0 Å². The first-order valence-corrected chi connectivity index (χ1v) is 9.95. The van der Waals surface area contributed by atoms with Gasteiger partial charge in [-0.15, -0.1) is 11.3 Å². The van der Waals surface area contributed by atoms with Gasteiger partial charge in [-0.1, -0.05) is 44.2 Å². The SMILES string of the molecule is CC(C)c1nc(CNS(=O)(=O)CCCc2ccccc2)cs1. The van der Waals surface area contributed by atoms with Gasteiger partial charge in [-0.3, -0.25) is 0 Å². The fraction of sp³-hybridized carbons (Fsp3) is 0.438. The number of sulfonamides is 1. The second kappa shape index (κ2) is 7.85. The van der Waals surface area contributed by atoms with Crippen LogP contribution < -0.4 is 4.72 Å². The number of benzene rings is 1. The lowest BCUT2D eigenvalue weighted by atomic mass is 10.1. The maximum Gasteiger partial charge on any atom is 0.211 e. The summed E-state index contributed by atoms with van der Waals surface area (Å²) in [5.41, 5.74) is 1.96. The number of nitrogens with one attached hydrogen (secondary N) is 1. The van der Waals surface area contributed by atoms with Crippen molar-refractivity contribution in [3.8, 4) is 0 Å². The van der Waals surface area contributed by atoms with E-state index in [2.05, 4.69) is 23.6 Å². The maximum atomic E-state index is 12.0. The number of aromatic nitrogens is 1. The maximum absolute atomic E-state index is 12.0. The minimum Gasteiger partial charge on any atom is -0.245 e. The molecule has 0 aliphatic rings. The van der Waals surface area contributed by atoms with Crippen LogP contribution in [-0.4, -0.2) is 19.2 Å². The van der Waals surface area contributed by atoms with Gasteiger partial charge in [0, 0.05) is 11.3 Å². The number of hydrogen-bond donors (Lipinski definition) is 1. The van der Waals surface area contributed by atoms with Crippen molar-refractivity contribution in [1.82, 2.24) is 9.71 Å². The third kappa shape index (κ3) is 5.51. The summed E-state index contributed by atoms with van der Waals surface area (Å²) in [4.78, 5) is 4.43. The van der Waals surface area contributed by atoms with E-state index in [4.69, 9.17) is 0 Å². The summed E-state index contributed by atoms with van der Waals surface area (Å²) < 4.78 is 26.6. The molecule has 4 nitrogen and oxygen atoms in total. The molecule has 0 spiro atoms. The zero-order valence-electron chi connectivity index (χ0n) is 13.0. The Morgan fingerprint density at radius 3 is 2.59 bits per heavy atom. The van der Waals surface area contributed by atoms with Crippen molar-refractivity contribution in [2.24, 2.45) is 0 Å². The molecular formula is C16H22N2O2S2. The van der Waals surface area contributed by atoms with Crippen molar-refractivity contribution in [2.45, 2.75) is 39.2 Å². The summed E-state index contributed by atoms with van der Waals surface area (Å²) >= 11 is 1.58. The Bertz CT molecular complexity index is 679. The summed E-state index contributed by atoms with van der Waals surface area (Å²) in [6.45, 7) is 4.43. The van der Waals surface area contributed by atoms with Crippen LogP contribution in [-0.2, 0) is 23.0 Å². The molecule has 1 aromatic carbocycles. The smallest absolute Gasteiger partial charge is 0.211 e. The average Bonchev–Trinajstić information content (AvgIpc) is 2.95. The number of rotatable bonds is 8. The van der Waals surface area contributed by atoms with Crippen LogP contribution in [0.4, 0.5) is 0 Å². The predicted molar refractivity (Wildman–Crippen MR) is 91.6 cm³/mol. The van der Waals surface area contributed by atoms with Gasteiger partial charge < -0.3 is 0 Å². The molecule has 1 N–H and O–H groups in total. The summed E-state index contributed by atoms with van der Waals surface area (Å²) in [6, 6.07) is 9.93. The molecule has 0 saturated heterocycles. The van der Waals surface area contributed by atoms with E-state index < -0.39 is 10.0 Å². The zero-order chi connectivity index (χ0) is 16.0. The quantitative estimate of drug-likeness (QED) is 0.803. The van der Waals surface area contributed by atoms with Crippen molar-refractivity contribution in [3.63, 3.8) is 0 Å². The van der Waals surface area contributed by atoms with E-state index in [1.165, 1.54) is 5.56 Å². The lowest BCUT2D eigenvalue weighted by molar-refractivity contribution is 0.577. The summed E-state index contributed by atoms with van der Waals surface area (Å²) in [5, 5.41) is 2.96. The van der Waals surface area contributed by atoms with Gasteiger partial charge in [0.05, 0.1) is 23.0 Å². The Morgan fingerprint density at radius 1 is 1.23 bits per heavy atom. The third-order valence-corrected chi connectivity index (χ3v) is 5.86. The van der Waals surface area contributed by atoms with Crippen molar-refractivity contribution in [2.75, 3.05) is 5.75 Å². The molecule has 2 rings (SSSR count). The average molecular weight is 338 g/mol. The number of nitrogens with zero attached hydrogens (tertiary/aromatic N) is 1. The van der Waals surface area contributed by atoms with Crippen LogP contribution in [0.5, 0.6) is 0 Å². The van der Waals surface area contributed by atoms with E-state index in [0.717, 1.165) is 17.1 Å². The standard InChI is InChI=1S/C16H22N2O2S2/c1-13(2)16-18-15(12-21-16)11-17-22(19,20)10-6-9-14-7-4-3-5-8-14/h3-5,7-8,12-13,17H,6,9-11H2,1-2H3. The largest absolute Gasteiger partial charge is 0.245 e. The van der Waals surface area contributed by atoms with Gasteiger partial charge in [-0.05, 0) is 18.4 Å². The van der Waals surface area contributed by atoms with Gasteiger partial charge in [0.25, 0.3) is 0 Å². The van der Waals surface area contributed by atoms with Gasteiger partial charge in [-0.2, -0.15) is 0 Å². The first kappa shape index (κ1) is 17.1. The molecule has 0 saturated carbocycles. The monoisotopic (exact) mass is 338 g/mol. The van der Waals surface area contributed by atoms with Crippen LogP contribution >= 0.6 is 11.3 Å². The highest BCUT2D eigenvalue weighted by atomic mass is 32.2. The van der Waals surface area contributed by atoms with E-state index in [0.29, 0.717) is 12.3 Å². The topological polar surface area (TPSA) is 59.1 Å². The molecule has 0 atom stereocenters. The fourth-order valence-corrected chi connectivity index (χ4v) is 3.91. The van der Waals surface area contributed by atoms with Gasteiger partial charge in [-0.25, -0.2) is 18.1 Å². The number of aryl methyl sites for hydroxylation is 1. The zero-order valence-corrected chi connectivity index (χ0v) is 14.6. The Kier molecular flexibility index (Phi) is 6.11. The molecule has 6 heteroatoms.